The summed E-state index contributed by atoms with van der Waals surface area (Å²) in [7, 11) is 0. The van der Waals surface area contributed by atoms with E-state index in [4.69, 9.17) is 10.1 Å². The van der Waals surface area contributed by atoms with Crippen molar-refractivity contribution < 1.29 is 4.79 Å². The number of aromatic nitrogens is 5. The third-order valence-electron chi connectivity index (χ3n) is 6.63. The molecule has 6 rings (SSSR count). The van der Waals surface area contributed by atoms with Crippen LogP contribution in [-0.2, 0) is 4.79 Å². The summed E-state index contributed by atoms with van der Waals surface area (Å²) in [6, 6.07) is 21.9. The Kier molecular flexibility index (Phi) is 5.87. The first-order valence-corrected chi connectivity index (χ1v) is 12.2. The summed E-state index contributed by atoms with van der Waals surface area (Å²) in [6.07, 6.45) is 11.0. The molecule has 1 saturated heterocycles. The minimum Gasteiger partial charge on any atom is -0.342 e. The van der Waals surface area contributed by atoms with Crippen molar-refractivity contribution in [3.8, 4) is 16.9 Å². The Bertz CT molecular complexity index is 1490. The Hall–Kier alpha value is -4.52. The van der Waals surface area contributed by atoms with Gasteiger partial charge in [-0.15, -0.1) is 0 Å². The number of likely N-dealkylation sites (tertiary alicyclic amines) is 1. The molecular weight excluding hydrogens is 448 g/mol. The molecule has 7 nitrogen and oxygen atoms in total. The standard InChI is InChI=1S/C29H26N6O/c36-27(34-17-7-9-23(19-34)29-31-25-12-4-5-13-26(25)32-29)15-14-22-20-35(24-10-2-1-3-11-24)33-28(22)21-8-6-16-30-18-21/h1-6,8,10-16,18,20,23H,7,9,17,19H2,(H,31,32)/b15-14+. The van der Waals surface area contributed by atoms with Gasteiger partial charge < -0.3 is 9.88 Å². The second-order valence-electron chi connectivity index (χ2n) is 9.05. The number of hydrogen-bond acceptors (Lipinski definition) is 4. The number of nitrogens with one attached hydrogen (secondary N) is 1. The van der Waals surface area contributed by atoms with Gasteiger partial charge in [0.15, 0.2) is 0 Å². The molecule has 36 heavy (non-hydrogen) atoms. The molecule has 5 aromatic rings. The Labute approximate surface area is 209 Å². The van der Waals surface area contributed by atoms with Gasteiger partial charge in [-0.2, -0.15) is 5.10 Å². The van der Waals surface area contributed by atoms with Crippen LogP contribution in [0.1, 0.15) is 30.1 Å². The van der Waals surface area contributed by atoms with E-state index in [0.29, 0.717) is 6.54 Å². The lowest BCUT2D eigenvalue weighted by Gasteiger charge is -2.31. The van der Waals surface area contributed by atoms with E-state index in [9.17, 15) is 4.79 Å². The Balaban J connectivity index is 1.24. The number of hydrogen-bond donors (Lipinski definition) is 1. The zero-order valence-corrected chi connectivity index (χ0v) is 19.8. The monoisotopic (exact) mass is 474 g/mol. The fourth-order valence-electron chi connectivity index (χ4n) is 4.78. The fraction of sp³-hybridized carbons (Fsp3) is 0.172. The number of carbonyl (C=O) groups excluding carboxylic acids is 1. The molecule has 1 aliphatic rings. The van der Waals surface area contributed by atoms with Crippen molar-refractivity contribution in [1.82, 2.24) is 29.6 Å². The van der Waals surface area contributed by atoms with Crippen LogP contribution in [0.4, 0.5) is 0 Å². The number of piperidine rings is 1. The lowest BCUT2D eigenvalue weighted by molar-refractivity contribution is -0.127. The molecule has 7 heteroatoms. The molecule has 0 radical (unpaired) electrons. The summed E-state index contributed by atoms with van der Waals surface area (Å²) in [4.78, 5) is 27.6. The number of aromatic amines is 1. The Morgan fingerprint density at radius 1 is 1.03 bits per heavy atom. The predicted octanol–water partition coefficient (Wildman–Crippen LogP) is 5.23. The minimum absolute atomic E-state index is 0.000379. The topological polar surface area (TPSA) is 79.7 Å². The van der Waals surface area contributed by atoms with E-state index in [1.54, 1.807) is 18.5 Å². The number of nitrogens with zero attached hydrogens (tertiary/aromatic N) is 5. The van der Waals surface area contributed by atoms with Crippen LogP contribution in [0, 0.1) is 0 Å². The zero-order valence-electron chi connectivity index (χ0n) is 19.8. The molecule has 1 atom stereocenters. The molecule has 4 heterocycles. The van der Waals surface area contributed by atoms with Gasteiger partial charge in [-0.05, 0) is 55.3 Å². The van der Waals surface area contributed by atoms with Gasteiger partial charge in [0, 0.05) is 54.8 Å². The summed E-state index contributed by atoms with van der Waals surface area (Å²) in [5.41, 5.74) is 5.52. The molecule has 0 spiro atoms. The molecule has 178 valence electrons. The Morgan fingerprint density at radius 3 is 2.72 bits per heavy atom. The van der Waals surface area contributed by atoms with Crippen LogP contribution in [0.2, 0.25) is 0 Å². The summed E-state index contributed by atoms with van der Waals surface area (Å²) in [5.74, 6) is 1.16. The molecule has 3 aromatic heterocycles. The van der Waals surface area contributed by atoms with Crippen molar-refractivity contribution >= 4 is 23.0 Å². The van der Waals surface area contributed by atoms with Crippen LogP contribution < -0.4 is 0 Å². The van der Waals surface area contributed by atoms with Crippen molar-refractivity contribution in [1.29, 1.82) is 0 Å². The van der Waals surface area contributed by atoms with Crippen LogP contribution >= 0.6 is 0 Å². The van der Waals surface area contributed by atoms with Crippen LogP contribution in [0.25, 0.3) is 34.1 Å². The molecule has 1 aliphatic heterocycles. The van der Waals surface area contributed by atoms with Crippen molar-refractivity contribution in [2.24, 2.45) is 0 Å². The van der Waals surface area contributed by atoms with Crippen molar-refractivity contribution in [2.45, 2.75) is 18.8 Å². The van der Waals surface area contributed by atoms with Gasteiger partial charge in [0.1, 0.15) is 11.5 Å². The first-order chi connectivity index (χ1) is 17.7. The van der Waals surface area contributed by atoms with Crippen molar-refractivity contribution in [2.75, 3.05) is 13.1 Å². The maximum Gasteiger partial charge on any atom is 0.246 e. The van der Waals surface area contributed by atoms with Crippen LogP contribution in [0.5, 0.6) is 0 Å². The number of amides is 1. The number of H-pyrrole nitrogens is 1. The highest BCUT2D eigenvalue weighted by Crippen LogP contribution is 2.28. The van der Waals surface area contributed by atoms with Gasteiger partial charge >= 0.3 is 0 Å². The summed E-state index contributed by atoms with van der Waals surface area (Å²) >= 11 is 0. The van der Waals surface area contributed by atoms with Gasteiger partial charge in [0.05, 0.1) is 16.7 Å². The molecule has 1 amide bonds. The fourth-order valence-corrected chi connectivity index (χ4v) is 4.78. The summed E-state index contributed by atoms with van der Waals surface area (Å²) < 4.78 is 1.84. The number of rotatable bonds is 5. The van der Waals surface area contributed by atoms with E-state index in [1.165, 1.54) is 0 Å². The minimum atomic E-state index is 0.000379. The quantitative estimate of drug-likeness (QED) is 0.354. The van der Waals surface area contributed by atoms with Gasteiger partial charge in [0.2, 0.25) is 5.91 Å². The predicted molar refractivity (Wildman–Crippen MR) is 140 cm³/mol. The SMILES string of the molecule is O=C(/C=C/c1cn(-c2ccccc2)nc1-c1cccnc1)N1CCCC(c2nc3ccccc3[nH]2)C1. The van der Waals surface area contributed by atoms with Gasteiger partial charge in [-0.1, -0.05) is 30.3 Å². The molecule has 0 bridgehead atoms. The Morgan fingerprint density at radius 2 is 1.89 bits per heavy atom. The molecule has 0 saturated carbocycles. The zero-order chi connectivity index (χ0) is 24.3. The van der Waals surface area contributed by atoms with Crippen molar-refractivity contribution in [3.63, 3.8) is 0 Å². The molecule has 1 fully saturated rings. The van der Waals surface area contributed by atoms with E-state index in [1.807, 2.05) is 88.6 Å². The number of benzene rings is 2. The smallest absolute Gasteiger partial charge is 0.246 e. The molecule has 2 aromatic carbocycles. The number of pyridine rings is 1. The highest BCUT2D eigenvalue weighted by molar-refractivity contribution is 5.93. The van der Waals surface area contributed by atoms with Gasteiger partial charge in [-0.25, -0.2) is 9.67 Å². The first kappa shape index (κ1) is 22.0. The number of imidazole rings is 1. The van der Waals surface area contributed by atoms with Gasteiger partial charge in [-0.3, -0.25) is 9.78 Å². The third kappa shape index (κ3) is 4.43. The first-order valence-electron chi connectivity index (χ1n) is 12.2. The van der Waals surface area contributed by atoms with Crippen LogP contribution in [0.15, 0.2) is 91.4 Å². The maximum atomic E-state index is 13.2. The second kappa shape index (κ2) is 9.62. The van der Waals surface area contributed by atoms with E-state index in [2.05, 4.69) is 9.97 Å². The van der Waals surface area contributed by atoms with E-state index >= 15 is 0 Å². The number of para-hydroxylation sites is 3. The lowest BCUT2D eigenvalue weighted by Crippen LogP contribution is -2.38. The molecular formula is C29H26N6O. The van der Waals surface area contributed by atoms with E-state index < -0.39 is 0 Å². The number of fused-ring (bicyclic) bond motifs is 1. The van der Waals surface area contributed by atoms with Crippen LogP contribution in [-0.4, -0.2) is 48.6 Å². The average molecular weight is 475 g/mol. The highest BCUT2D eigenvalue weighted by Gasteiger charge is 2.26. The summed E-state index contributed by atoms with van der Waals surface area (Å²) in [5, 5.41) is 4.80. The van der Waals surface area contributed by atoms with Gasteiger partial charge in [0.25, 0.3) is 0 Å². The summed E-state index contributed by atoms with van der Waals surface area (Å²) in [6.45, 7) is 1.40. The van der Waals surface area contributed by atoms with E-state index in [0.717, 1.165) is 58.8 Å². The second-order valence-corrected chi connectivity index (χ2v) is 9.05. The normalized spacial score (nSPS) is 16.1. The van der Waals surface area contributed by atoms with Crippen molar-refractivity contribution in [3.05, 3.63) is 103 Å². The molecule has 1 unspecified atom stereocenters. The molecule has 1 N–H and O–H groups in total. The third-order valence-corrected chi connectivity index (χ3v) is 6.63. The average Bonchev–Trinajstić information content (AvgIpc) is 3.58. The maximum absolute atomic E-state index is 13.2. The number of carbonyl (C=O) groups is 1. The highest BCUT2D eigenvalue weighted by atomic mass is 16.2. The lowest BCUT2D eigenvalue weighted by atomic mass is 9.97. The van der Waals surface area contributed by atoms with E-state index in [-0.39, 0.29) is 11.8 Å². The largest absolute Gasteiger partial charge is 0.342 e. The van der Waals surface area contributed by atoms with Crippen LogP contribution in [0.3, 0.4) is 0 Å². The molecule has 0 aliphatic carbocycles.